The van der Waals surface area contributed by atoms with Gasteiger partial charge in [0.2, 0.25) is 0 Å². The average molecular weight is 341 g/mol. The summed E-state index contributed by atoms with van der Waals surface area (Å²) in [5, 5.41) is 10.5. The number of amides is 1. The van der Waals surface area contributed by atoms with Crippen molar-refractivity contribution in [1.29, 1.82) is 0 Å². The third kappa shape index (κ3) is 2.87. The zero-order valence-corrected chi connectivity index (χ0v) is 14.3. The Bertz CT molecular complexity index is 871. The van der Waals surface area contributed by atoms with Gasteiger partial charge in [-0.3, -0.25) is 9.48 Å². The molecule has 1 atom stereocenters. The van der Waals surface area contributed by atoms with Crippen LogP contribution in [-0.4, -0.2) is 39.8 Å². The molecule has 1 aliphatic heterocycles. The van der Waals surface area contributed by atoms with Crippen molar-refractivity contribution in [3.8, 4) is 0 Å². The summed E-state index contributed by atoms with van der Waals surface area (Å²) in [6, 6.07) is 4.30. The molecule has 0 aromatic carbocycles. The van der Waals surface area contributed by atoms with Crippen LogP contribution in [0.4, 0.5) is 5.82 Å². The number of carbonyl (C=O) groups is 1. The van der Waals surface area contributed by atoms with Crippen LogP contribution < -0.4 is 10.2 Å². The highest BCUT2D eigenvalue weighted by molar-refractivity contribution is 7.17. The van der Waals surface area contributed by atoms with Gasteiger partial charge in [-0.05, 0) is 30.4 Å². The van der Waals surface area contributed by atoms with Gasteiger partial charge in [0, 0.05) is 48.7 Å². The molecule has 4 rings (SSSR count). The first-order valence-electron chi connectivity index (χ1n) is 8.07. The molecule has 1 amide bonds. The van der Waals surface area contributed by atoms with E-state index < -0.39 is 0 Å². The summed E-state index contributed by atoms with van der Waals surface area (Å²) in [6.07, 6.45) is 7.24. The molecule has 0 radical (unpaired) electrons. The van der Waals surface area contributed by atoms with Crippen molar-refractivity contribution in [2.24, 2.45) is 7.05 Å². The number of nitrogens with one attached hydrogen (secondary N) is 1. The third-order valence-electron chi connectivity index (χ3n) is 4.38. The quantitative estimate of drug-likeness (QED) is 0.795. The maximum atomic E-state index is 12.3. The van der Waals surface area contributed by atoms with E-state index in [0.29, 0.717) is 5.56 Å². The number of rotatable bonds is 3. The zero-order chi connectivity index (χ0) is 16.5. The summed E-state index contributed by atoms with van der Waals surface area (Å²) < 4.78 is 2.89. The Morgan fingerprint density at radius 1 is 1.42 bits per heavy atom. The number of anilines is 1. The van der Waals surface area contributed by atoms with Crippen molar-refractivity contribution in [1.82, 2.24) is 20.1 Å². The van der Waals surface area contributed by atoms with Gasteiger partial charge in [0.05, 0.1) is 11.8 Å². The van der Waals surface area contributed by atoms with Crippen LogP contribution in [0.15, 0.2) is 36.1 Å². The minimum Gasteiger partial charge on any atom is -0.354 e. The Kier molecular flexibility index (Phi) is 3.93. The van der Waals surface area contributed by atoms with Gasteiger partial charge in [0.1, 0.15) is 5.82 Å². The van der Waals surface area contributed by atoms with E-state index in [0.717, 1.165) is 31.7 Å². The molecule has 0 bridgehead atoms. The van der Waals surface area contributed by atoms with Gasteiger partial charge in [-0.2, -0.15) is 5.10 Å². The maximum Gasteiger partial charge on any atom is 0.254 e. The molecule has 6 nitrogen and oxygen atoms in total. The molecule has 3 aromatic heterocycles. The molecular formula is C17H19N5OS. The number of aromatic nitrogens is 3. The highest BCUT2D eigenvalue weighted by Gasteiger charge is 2.24. The van der Waals surface area contributed by atoms with E-state index in [2.05, 4.69) is 37.8 Å². The fraction of sp³-hybridized carbons (Fsp3) is 0.353. The lowest BCUT2D eigenvalue weighted by atomic mass is 10.0. The summed E-state index contributed by atoms with van der Waals surface area (Å²) in [5.74, 6) is 0.964. The van der Waals surface area contributed by atoms with Gasteiger partial charge in [0.25, 0.3) is 5.91 Å². The molecule has 0 spiro atoms. The zero-order valence-electron chi connectivity index (χ0n) is 13.5. The smallest absolute Gasteiger partial charge is 0.254 e. The fourth-order valence-corrected chi connectivity index (χ4v) is 4.00. The molecular weight excluding hydrogens is 322 g/mol. The van der Waals surface area contributed by atoms with Crippen molar-refractivity contribution < 1.29 is 4.79 Å². The first kappa shape index (κ1) is 15.1. The molecule has 4 heterocycles. The minimum absolute atomic E-state index is 0.0587. The highest BCUT2D eigenvalue weighted by Crippen LogP contribution is 2.30. The summed E-state index contributed by atoms with van der Waals surface area (Å²) in [7, 11) is 1.81. The van der Waals surface area contributed by atoms with Crippen molar-refractivity contribution in [3.05, 3.63) is 41.7 Å². The van der Waals surface area contributed by atoms with Gasteiger partial charge in [-0.1, -0.05) is 0 Å². The number of hydrogen-bond acceptors (Lipinski definition) is 5. The summed E-state index contributed by atoms with van der Waals surface area (Å²) in [4.78, 5) is 19.2. The lowest BCUT2D eigenvalue weighted by Gasteiger charge is -2.34. The molecule has 7 heteroatoms. The van der Waals surface area contributed by atoms with Crippen LogP contribution >= 0.6 is 11.3 Å². The molecule has 24 heavy (non-hydrogen) atoms. The SMILES string of the molecule is Cn1cc(C(=O)NC2CCCN(c3nccc4sccc34)C2)cn1. The normalized spacial score (nSPS) is 18.0. The van der Waals surface area contributed by atoms with E-state index in [4.69, 9.17) is 0 Å². The number of fused-ring (bicyclic) bond motifs is 1. The van der Waals surface area contributed by atoms with Crippen LogP contribution in [0.5, 0.6) is 0 Å². The monoisotopic (exact) mass is 341 g/mol. The highest BCUT2D eigenvalue weighted by atomic mass is 32.1. The molecule has 1 saturated heterocycles. The fourth-order valence-electron chi connectivity index (χ4n) is 3.23. The van der Waals surface area contributed by atoms with Crippen molar-refractivity contribution in [3.63, 3.8) is 0 Å². The molecule has 1 aliphatic rings. The van der Waals surface area contributed by atoms with Crippen LogP contribution in [0.2, 0.25) is 0 Å². The first-order valence-corrected chi connectivity index (χ1v) is 8.95. The molecule has 1 N–H and O–H groups in total. The van der Waals surface area contributed by atoms with E-state index in [1.807, 2.05) is 13.2 Å². The van der Waals surface area contributed by atoms with Gasteiger partial charge in [-0.25, -0.2) is 4.98 Å². The molecule has 1 unspecified atom stereocenters. The van der Waals surface area contributed by atoms with Crippen molar-refractivity contribution >= 4 is 33.1 Å². The second kappa shape index (κ2) is 6.24. The number of pyridine rings is 1. The van der Waals surface area contributed by atoms with Crippen LogP contribution in [0, 0.1) is 0 Å². The largest absolute Gasteiger partial charge is 0.354 e. The van der Waals surface area contributed by atoms with Gasteiger partial charge < -0.3 is 10.2 Å². The predicted molar refractivity (Wildman–Crippen MR) is 95.5 cm³/mol. The Balaban J connectivity index is 1.49. The number of nitrogens with zero attached hydrogens (tertiary/aromatic N) is 4. The van der Waals surface area contributed by atoms with Gasteiger partial charge in [0.15, 0.2) is 0 Å². The Hall–Kier alpha value is -2.41. The maximum absolute atomic E-state index is 12.3. The van der Waals surface area contributed by atoms with Crippen molar-refractivity contribution in [2.75, 3.05) is 18.0 Å². The van der Waals surface area contributed by atoms with E-state index >= 15 is 0 Å². The number of carbonyl (C=O) groups excluding carboxylic acids is 1. The van der Waals surface area contributed by atoms with E-state index in [-0.39, 0.29) is 11.9 Å². The summed E-state index contributed by atoms with van der Waals surface area (Å²) in [6.45, 7) is 1.76. The minimum atomic E-state index is -0.0587. The third-order valence-corrected chi connectivity index (χ3v) is 5.26. The van der Waals surface area contributed by atoms with Gasteiger partial charge >= 0.3 is 0 Å². The number of piperidine rings is 1. The van der Waals surface area contributed by atoms with Crippen LogP contribution in [0.1, 0.15) is 23.2 Å². The van der Waals surface area contributed by atoms with E-state index in [1.54, 1.807) is 28.4 Å². The molecule has 0 saturated carbocycles. The molecule has 1 fully saturated rings. The number of hydrogen-bond donors (Lipinski definition) is 1. The average Bonchev–Trinajstić information content (AvgIpc) is 3.23. The van der Waals surface area contributed by atoms with Gasteiger partial charge in [-0.15, -0.1) is 11.3 Å². The number of aryl methyl sites for hydroxylation is 1. The Morgan fingerprint density at radius 3 is 3.17 bits per heavy atom. The number of thiophene rings is 1. The first-order chi connectivity index (χ1) is 11.7. The predicted octanol–water partition coefficient (Wildman–Crippen LogP) is 2.43. The Morgan fingerprint density at radius 2 is 2.33 bits per heavy atom. The van der Waals surface area contributed by atoms with Crippen LogP contribution in [0.3, 0.4) is 0 Å². The van der Waals surface area contributed by atoms with E-state index in [9.17, 15) is 4.79 Å². The van der Waals surface area contributed by atoms with Crippen molar-refractivity contribution in [2.45, 2.75) is 18.9 Å². The topological polar surface area (TPSA) is 63.1 Å². The summed E-state index contributed by atoms with van der Waals surface area (Å²) >= 11 is 1.73. The second-order valence-electron chi connectivity index (χ2n) is 6.13. The second-order valence-corrected chi connectivity index (χ2v) is 7.08. The molecule has 124 valence electrons. The standard InChI is InChI=1S/C17H19N5OS/c1-21-10-12(9-19-21)17(23)20-13-3-2-7-22(11-13)16-14-5-8-24-15(14)4-6-18-16/h4-6,8-10,13H,2-3,7,11H2,1H3,(H,20,23). The molecule has 3 aromatic rings. The lowest BCUT2D eigenvalue weighted by molar-refractivity contribution is 0.0933. The lowest BCUT2D eigenvalue weighted by Crippen LogP contribution is -2.48. The summed E-state index contributed by atoms with van der Waals surface area (Å²) in [5.41, 5.74) is 0.604. The molecule has 0 aliphatic carbocycles. The van der Waals surface area contributed by atoms with E-state index in [1.165, 1.54) is 10.1 Å². The Labute approximate surface area is 144 Å². The van der Waals surface area contributed by atoms with Crippen LogP contribution in [-0.2, 0) is 7.05 Å². The van der Waals surface area contributed by atoms with Crippen LogP contribution in [0.25, 0.3) is 10.1 Å².